The molecule has 2 aromatic heterocycles. The van der Waals surface area contributed by atoms with Gasteiger partial charge in [0.25, 0.3) is 0 Å². The number of nitrogen functional groups attached to an aromatic ring is 1. The first-order valence-electron chi connectivity index (χ1n) is 7.75. The fourth-order valence-electron chi connectivity index (χ4n) is 3.08. The van der Waals surface area contributed by atoms with E-state index < -0.39 is 0 Å². The van der Waals surface area contributed by atoms with Crippen LogP contribution in [-0.2, 0) is 4.79 Å². The van der Waals surface area contributed by atoms with Crippen LogP contribution in [0, 0.1) is 0 Å². The molecule has 8 heteroatoms. The van der Waals surface area contributed by atoms with E-state index >= 15 is 0 Å². The number of hydrogen-bond acceptors (Lipinski definition) is 6. The Morgan fingerprint density at radius 2 is 2.00 bits per heavy atom. The minimum absolute atomic E-state index is 0.0290. The number of para-hydroxylation sites is 1. The van der Waals surface area contributed by atoms with Crippen molar-refractivity contribution in [1.82, 2.24) is 20.2 Å². The molecule has 3 N–H and O–H groups in total. The predicted octanol–water partition coefficient (Wildman–Crippen LogP) is 1.18. The lowest BCUT2D eigenvalue weighted by Crippen LogP contribution is -2.56. The zero-order chi connectivity index (χ0) is 16.7. The molecule has 3 heterocycles. The lowest BCUT2D eigenvalue weighted by Gasteiger charge is -2.39. The van der Waals surface area contributed by atoms with Crippen LogP contribution in [0.2, 0.25) is 0 Å². The molecule has 4 rings (SSSR count). The van der Waals surface area contributed by atoms with Crippen molar-refractivity contribution in [2.45, 2.75) is 13.0 Å². The van der Waals surface area contributed by atoms with Crippen LogP contribution < -0.4 is 15.5 Å². The molecule has 0 spiro atoms. The van der Waals surface area contributed by atoms with E-state index in [2.05, 4.69) is 20.2 Å². The van der Waals surface area contributed by atoms with Crippen molar-refractivity contribution in [3.05, 3.63) is 36.5 Å². The van der Waals surface area contributed by atoms with E-state index in [1.165, 1.54) is 0 Å². The largest absolute Gasteiger partial charge is 0.368 e. The van der Waals surface area contributed by atoms with Crippen molar-refractivity contribution in [3.8, 4) is 0 Å². The average Bonchev–Trinajstić information content (AvgIpc) is 3.06. The monoisotopic (exact) mass is 323 g/mol. The number of nitrogens with one attached hydrogen (secondary N) is 1. The maximum Gasteiger partial charge on any atom is 0.249 e. The summed E-state index contributed by atoms with van der Waals surface area (Å²) in [6, 6.07) is 9.33. The minimum Gasteiger partial charge on any atom is -0.368 e. The number of nitrogens with two attached hydrogens (primary N) is 1. The highest BCUT2D eigenvalue weighted by atomic mass is 16.2. The SMILES string of the molecule is C[C@@H]1C(=O)N(c2ccccc2)CCN1c1nc(N)nc2[nH]ncc12. The van der Waals surface area contributed by atoms with E-state index in [9.17, 15) is 4.79 Å². The van der Waals surface area contributed by atoms with Crippen molar-refractivity contribution < 1.29 is 4.79 Å². The van der Waals surface area contributed by atoms with Crippen LogP contribution in [-0.4, -0.2) is 45.2 Å². The molecule has 3 aromatic rings. The Morgan fingerprint density at radius 3 is 2.79 bits per heavy atom. The van der Waals surface area contributed by atoms with Gasteiger partial charge in [-0.25, -0.2) is 0 Å². The second kappa shape index (κ2) is 5.48. The molecule has 0 saturated carbocycles. The zero-order valence-corrected chi connectivity index (χ0v) is 13.2. The van der Waals surface area contributed by atoms with E-state index in [1.54, 1.807) is 11.1 Å². The Hall–Kier alpha value is -3.16. The molecule has 1 aliphatic heterocycles. The summed E-state index contributed by atoms with van der Waals surface area (Å²) in [6.07, 6.45) is 1.66. The van der Waals surface area contributed by atoms with Gasteiger partial charge >= 0.3 is 0 Å². The Kier molecular flexibility index (Phi) is 3.30. The molecule has 0 unspecified atom stereocenters. The number of carbonyl (C=O) groups is 1. The van der Waals surface area contributed by atoms with E-state index in [1.807, 2.05) is 42.2 Å². The lowest BCUT2D eigenvalue weighted by atomic mass is 10.1. The molecule has 1 aromatic carbocycles. The standard InChI is InChI=1S/C16H17N7O/c1-10-15(24)23(11-5-3-2-4-6-11)8-7-22(10)14-12-9-18-21-13(12)19-16(17)20-14/h2-6,9-10H,7-8H2,1H3,(H3,17,18,19,20,21)/t10-/m1/s1. The normalized spacial score (nSPS) is 18.4. The molecule has 0 aliphatic carbocycles. The molecule has 1 aliphatic rings. The van der Waals surface area contributed by atoms with Gasteiger partial charge in [0.2, 0.25) is 11.9 Å². The molecule has 0 radical (unpaired) electrons. The maximum absolute atomic E-state index is 12.9. The third-order valence-corrected chi connectivity index (χ3v) is 4.30. The summed E-state index contributed by atoms with van der Waals surface area (Å²) in [5.41, 5.74) is 7.28. The summed E-state index contributed by atoms with van der Waals surface area (Å²) in [5, 5.41) is 7.56. The Labute approximate surface area is 138 Å². The highest BCUT2D eigenvalue weighted by Gasteiger charge is 2.34. The van der Waals surface area contributed by atoms with E-state index in [0.29, 0.717) is 24.6 Å². The van der Waals surface area contributed by atoms with Crippen molar-refractivity contribution in [3.63, 3.8) is 0 Å². The first-order chi connectivity index (χ1) is 11.6. The number of benzene rings is 1. The van der Waals surface area contributed by atoms with Crippen LogP contribution in [0.3, 0.4) is 0 Å². The number of anilines is 3. The van der Waals surface area contributed by atoms with Crippen LogP contribution in [0.15, 0.2) is 36.5 Å². The number of piperazine rings is 1. The Balaban J connectivity index is 1.69. The lowest BCUT2D eigenvalue weighted by molar-refractivity contribution is -0.120. The molecule has 24 heavy (non-hydrogen) atoms. The number of H-pyrrole nitrogens is 1. The van der Waals surface area contributed by atoms with Gasteiger partial charge in [-0.05, 0) is 19.1 Å². The summed E-state index contributed by atoms with van der Waals surface area (Å²) in [7, 11) is 0. The summed E-state index contributed by atoms with van der Waals surface area (Å²) < 4.78 is 0. The highest BCUT2D eigenvalue weighted by molar-refractivity contribution is 6.01. The summed E-state index contributed by atoms with van der Waals surface area (Å²) in [4.78, 5) is 25.1. The van der Waals surface area contributed by atoms with Crippen LogP contribution in [0.5, 0.6) is 0 Å². The molecule has 8 nitrogen and oxygen atoms in total. The fourth-order valence-corrected chi connectivity index (χ4v) is 3.08. The maximum atomic E-state index is 12.9. The number of carbonyl (C=O) groups excluding carboxylic acids is 1. The predicted molar refractivity (Wildman–Crippen MR) is 91.7 cm³/mol. The molecule has 1 atom stereocenters. The number of amides is 1. The number of hydrogen-bond donors (Lipinski definition) is 2. The van der Waals surface area contributed by atoms with Gasteiger partial charge in [0, 0.05) is 18.8 Å². The number of aromatic amines is 1. The topological polar surface area (TPSA) is 104 Å². The van der Waals surface area contributed by atoms with Gasteiger partial charge in [0.1, 0.15) is 11.9 Å². The van der Waals surface area contributed by atoms with Gasteiger partial charge in [-0.3, -0.25) is 9.89 Å². The van der Waals surface area contributed by atoms with Gasteiger partial charge in [-0.1, -0.05) is 18.2 Å². The number of fused-ring (bicyclic) bond motifs is 1. The molecule has 1 fully saturated rings. The van der Waals surface area contributed by atoms with Crippen LogP contribution in [0.1, 0.15) is 6.92 Å². The number of rotatable bonds is 2. The quantitative estimate of drug-likeness (QED) is 0.734. The Bertz CT molecular complexity index is 892. The van der Waals surface area contributed by atoms with Gasteiger partial charge in [0.15, 0.2) is 5.65 Å². The van der Waals surface area contributed by atoms with Crippen LogP contribution in [0.4, 0.5) is 17.5 Å². The first kappa shape index (κ1) is 14.4. The van der Waals surface area contributed by atoms with Crippen molar-refractivity contribution in [2.75, 3.05) is 28.6 Å². The van der Waals surface area contributed by atoms with Gasteiger partial charge in [-0.15, -0.1) is 0 Å². The Morgan fingerprint density at radius 1 is 1.21 bits per heavy atom. The third-order valence-electron chi connectivity index (χ3n) is 4.30. The molecular weight excluding hydrogens is 306 g/mol. The fraction of sp³-hybridized carbons (Fsp3) is 0.250. The number of nitrogens with zero attached hydrogens (tertiary/aromatic N) is 5. The molecule has 1 saturated heterocycles. The average molecular weight is 323 g/mol. The van der Waals surface area contributed by atoms with Gasteiger partial charge in [0.05, 0.1) is 11.6 Å². The smallest absolute Gasteiger partial charge is 0.249 e. The van der Waals surface area contributed by atoms with E-state index in [-0.39, 0.29) is 17.9 Å². The molecule has 122 valence electrons. The van der Waals surface area contributed by atoms with Crippen molar-refractivity contribution in [1.29, 1.82) is 0 Å². The molecule has 0 bridgehead atoms. The molecule has 1 amide bonds. The molecular formula is C16H17N7O. The second-order valence-electron chi connectivity index (χ2n) is 5.73. The van der Waals surface area contributed by atoms with Gasteiger partial charge in [-0.2, -0.15) is 15.1 Å². The van der Waals surface area contributed by atoms with Crippen LogP contribution in [0.25, 0.3) is 11.0 Å². The third kappa shape index (κ3) is 2.23. The summed E-state index contributed by atoms with van der Waals surface area (Å²) >= 11 is 0. The van der Waals surface area contributed by atoms with Crippen molar-refractivity contribution in [2.24, 2.45) is 0 Å². The van der Waals surface area contributed by atoms with Crippen molar-refractivity contribution >= 4 is 34.4 Å². The minimum atomic E-state index is -0.355. The van der Waals surface area contributed by atoms with E-state index in [0.717, 1.165) is 11.1 Å². The highest BCUT2D eigenvalue weighted by Crippen LogP contribution is 2.28. The zero-order valence-electron chi connectivity index (χ0n) is 13.2. The van der Waals surface area contributed by atoms with E-state index in [4.69, 9.17) is 5.73 Å². The first-order valence-corrected chi connectivity index (χ1v) is 7.75. The van der Waals surface area contributed by atoms with Crippen LogP contribution >= 0.6 is 0 Å². The second-order valence-corrected chi connectivity index (χ2v) is 5.73. The number of aromatic nitrogens is 4. The van der Waals surface area contributed by atoms with Gasteiger partial charge < -0.3 is 15.5 Å². The summed E-state index contributed by atoms with van der Waals surface area (Å²) in [5.74, 6) is 0.827. The summed E-state index contributed by atoms with van der Waals surface area (Å²) in [6.45, 7) is 3.11.